The van der Waals surface area contributed by atoms with Gasteiger partial charge in [-0.25, -0.2) is 4.57 Å². The van der Waals surface area contributed by atoms with Gasteiger partial charge >= 0.3 is 11.8 Å². The molecule has 0 bridgehead atoms. The minimum atomic E-state index is -0.840. The van der Waals surface area contributed by atoms with Crippen LogP contribution in [0.2, 0.25) is 0 Å². The maximum absolute atomic E-state index is 12.4. The predicted octanol–water partition coefficient (Wildman–Crippen LogP) is 1.05. The second kappa shape index (κ2) is 7.17. The van der Waals surface area contributed by atoms with Crippen molar-refractivity contribution in [1.29, 1.82) is 0 Å². The fourth-order valence-corrected chi connectivity index (χ4v) is 2.84. The smallest absolute Gasteiger partial charge is 0.390 e. The molecule has 0 radical (unpaired) electrons. The quantitative estimate of drug-likeness (QED) is 0.576. The molecule has 0 saturated carbocycles. The van der Waals surface area contributed by atoms with E-state index in [2.05, 4.69) is 9.88 Å². The molecule has 0 N–H and O–H groups in total. The van der Waals surface area contributed by atoms with E-state index in [1.807, 2.05) is 30.3 Å². The van der Waals surface area contributed by atoms with Gasteiger partial charge in [-0.05, 0) is 27.0 Å². The van der Waals surface area contributed by atoms with Crippen molar-refractivity contribution in [2.24, 2.45) is 0 Å². The van der Waals surface area contributed by atoms with E-state index in [0.29, 0.717) is 26.2 Å². The van der Waals surface area contributed by atoms with Gasteiger partial charge in [-0.15, -0.1) is 0 Å². The number of carbonyl (C=O) groups is 1. The van der Waals surface area contributed by atoms with Crippen molar-refractivity contribution < 1.29 is 14.6 Å². The Labute approximate surface area is 147 Å². The fraction of sp³-hybridized carbons (Fsp3) is 0.333. The average molecular weight is 360 g/mol. The first-order valence-corrected chi connectivity index (χ1v) is 7.89. The summed E-state index contributed by atoms with van der Waals surface area (Å²) in [4.78, 5) is 39.6. The molecule has 26 heavy (non-hydrogen) atoms. The molecule has 3 rings (SSSR count). The molecule has 2 heterocycles. The summed E-state index contributed by atoms with van der Waals surface area (Å²) in [5.74, 6) is -1.71. The van der Waals surface area contributed by atoms with Gasteiger partial charge in [0.1, 0.15) is 0 Å². The van der Waals surface area contributed by atoms with Crippen molar-refractivity contribution in [1.82, 2.24) is 14.5 Å². The highest BCUT2D eigenvalue weighted by Crippen LogP contribution is 2.19. The fourth-order valence-electron chi connectivity index (χ4n) is 2.84. The van der Waals surface area contributed by atoms with Crippen LogP contribution < -0.4 is 4.90 Å². The molecule has 1 fully saturated rings. The Bertz CT molecular complexity index is 828. The van der Waals surface area contributed by atoms with E-state index < -0.39 is 21.6 Å². The summed E-state index contributed by atoms with van der Waals surface area (Å²) >= 11 is 0. The summed E-state index contributed by atoms with van der Waals surface area (Å²) in [5, 5.41) is 21.7. The summed E-state index contributed by atoms with van der Waals surface area (Å²) < 4.78 is 0.907. The third kappa shape index (κ3) is 3.61. The van der Waals surface area contributed by atoms with Gasteiger partial charge in [0.05, 0.1) is 0 Å². The first-order chi connectivity index (χ1) is 12.5. The van der Waals surface area contributed by atoms with Gasteiger partial charge in [0.25, 0.3) is 5.91 Å². The standard InChI is InChI=1S/C15H16N6O5/c22-14(11-19-10-13(20(23)24)16-15(19)21(25)26)18-8-6-17(7-9-18)12-4-2-1-3-5-12/h1-5,10H,6-9,11H2. The van der Waals surface area contributed by atoms with Gasteiger partial charge in [-0.3, -0.25) is 4.79 Å². The molecule has 136 valence electrons. The number of nitrogens with zero attached hydrogens (tertiary/aromatic N) is 6. The highest BCUT2D eigenvalue weighted by atomic mass is 16.6. The number of benzene rings is 1. The molecule has 11 nitrogen and oxygen atoms in total. The van der Waals surface area contributed by atoms with E-state index in [4.69, 9.17) is 0 Å². The predicted molar refractivity (Wildman–Crippen MR) is 90.8 cm³/mol. The van der Waals surface area contributed by atoms with Crippen molar-refractivity contribution in [3.05, 3.63) is 56.8 Å². The van der Waals surface area contributed by atoms with Gasteiger partial charge < -0.3 is 30.0 Å². The summed E-state index contributed by atoms with van der Waals surface area (Å²) in [6.07, 6.45) is 0.913. The number of anilines is 1. The number of hydrogen-bond acceptors (Lipinski definition) is 7. The van der Waals surface area contributed by atoms with Crippen LogP contribution in [0.15, 0.2) is 36.5 Å². The molecule has 11 heteroatoms. The topological polar surface area (TPSA) is 128 Å². The van der Waals surface area contributed by atoms with Crippen LogP contribution in [0.4, 0.5) is 17.5 Å². The summed E-state index contributed by atoms with van der Waals surface area (Å²) in [5.41, 5.74) is 1.07. The van der Waals surface area contributed by atoms with Crippen molar-refractivity contribution in [3.63, 3.8) is 0 Å². The van der Waals surface area contributed by atoms with E-state index in [-0.39, 0.29) is 12.5 Å². The van der Waals surface area contributed by atoms with E-state index >= 15 is 0 Å². The van der Waals surface area contributed by atoms with Crippen molar-refractivity contribution in [2.75, 3.05) is 31.1 Å². The number of rotatable bonds is 5. The highest BCUT2D eigenvalue weighted by Gasteiger charge is 2.28. The van der Waals surface area contributed by atoms with Crippen molar-refractivity contribution in [2.45, 2.75) is 6.54 Å². The van der Waals surface area contributed by atoms with E-state index in [9.17, 15) is 25.0 Å². The van der Waals surface area contributed by atoms with Gasteiger partial charge in [0.2, 0.25) is 0 Å². The van der Waals surface area contributed by atoms with Crippen LogP contribution in [0.5, 0.6) is 0 Å². The lowest BCUT2D eigenvalue weighted by atomic mass is 10.2. The Morgan fingerprint density at radius 1 is 1.04 bits per heavy atom. The van der Waals surface area contributed by atoms with Crippen LogP contribution >= 0.6 is 0 Å². The number of para-hydroxylation sites is 1. The Hall–Kier alpha value is -3.50. The number of nitro groups is 2. The molecule has 1 saturated heterocycles. The van der Waals surface area contributed by atoms with Gasteiger partial charge in [-0.2, -0.15) is 0 Å². The van der Waals surface area contributed by atoms with Crippen LogP contribution in [-0.4, -0.2) is 56.4 Å². The van der Waals surface area contributed by atoms with Crippen molar-refractivity contribution >= 4 is 23.4 Å². The normalized spacial score (nSPS) is 14.3. The SMILES string of the molecule is O=C(Cn1cc([N+](=O)[O-])nc1[N+](=O)[O-])N1CCN(c2ccccc2)CC1. The van der Waals surface area contributed by atoms with Crippen LogP contribution in [0.1, 0.15) is 0 Å². The van der Waals surface area contributed by atoms with Crippen molar-refractivity contribution in [3.8, 4) is 0 Å². The van der Waals surface area contributed by atoms with E-state index in [1.165, 1.54) is 0 Å². The molecule has 2 aromatic rings. The van der Waals surface area contributed by atoms with Gasteiger partial charge in [-0.1, -0.05) is 18.2 Å². The Morgan fingerprint density at radius 3 is 2.27 bits per heavy atom. The first kappa shape index (κ1) is 17.3. The second-order valence-corrected chi connectivity index (χ2v) is 5.74. The zero-order chi connectivity index (χ0) is 18.7. The first-order valence-electron chi connectivity index (χ1n) is 7.89. The minimum absolute atomic E-state index is 0.340. The Morgan fingerprint density at radius 2 is 1.69 bits per heavy atom. The van der Waals surface area contributed by atoms with E-state index in [1.54, 1.807) is 4.90 Å². The molecule has 0 atom stereocenters. The van der Waals surface area contributed by atoms with Crippen LogP contribution in [0.3, 0.4) is 0 Å². The third-order valence-corrected chi connectivity index (χ3v) is 4.15. The zero-order valence-electron chi connectivity index (χ0n) is 13.7. The number of piperazine rings is 1. The third-order valence-electron chi connectivity index (χ3n) is 4.15. The van der Waals surface area contributed by atoms with E-state index in [0.717, 1.165) is 16.5 Å². The molecule has 1 amide bonds. The molecule has 0 unspecified atom stereocenters. The molecule has 0 spiro atoms. The number of hydrogen-bond donors (Lipinski definition) is 0. The molecular weight excluding hydrogens is 344 g/mol. The zero-order valence-corrected chi connectivity index (χ0v) is 13.7. The minimum Gasteiger partial charge on any atom is -0.390 e. The number of amides is 1. The van der Waals surface area contributed by atoms with Crippen LogP contribution in [0.25, 0.3) is 0 Å². The Balaban J connectivity index is 1.65. The summed E-state index contributed by atoms with van der Waals surface area (Å²) in [7, 11) is 0. The largest absolute Gasteiger partial charge is 0.439 e. The van der Waals surface area contributed by atoms with Crippen LogP contribution in [-0.2, 0) is 11.3 Å². The summed E-state index contributed by atoms with van der Waals surface area (Å²) in [6, 6.07) is 9.80. The molecule has 1 aromatic carbocycles. The molecular formula is C15H16N6O5. The maximum atomic E-state index is 12.4. The Kier molecular flexibility index (Phi) is 4.78. The lowest BCUT2D eigenvalue weighted by Crippen LogP contribution is -2.49. The molecule has 1 aliphatic heterocycles. The molecule has 1 aliphatic rings. The average Bonchev–Trinajstić information content (AvgIpc) is 3.07. The second-order valence-electron chi connectivity index (χ2n) is 5.74. The lowest BCUT2D eigenvalue weighted by Gasteiger charge is -2.36. The maximum Gasteiger partial charge on any atom is 0.439 e. The monoisotopic (exact) mass is 360 g/mol. The highest BCUT2D eigenvalue weighted by molar-refractivity contribution is 5.76. The van der Waals surface area contributed by atoms with Crippen LogP contribution in [0, 0.1) is 20.2 Å². The molecule has 1 aromatic heterocycles. The number of imidazole rings is 1. The summed E-state index contributed by atoms with van der Waals surface area (Å²) in [6.45, 7) is 1.86. The molecule has 0 aliphatic carbocycles. The van der Waals surface area contributed by atoms with Gasteiger partial charge in [0, 0.05) is 31.9 Å². The van der Waals surface area contributed by atoms with Gasteiger partial charge in [0.15, 0.2) is 12.7 Å². The number of carbonyl (C=O) groups excluding carboxylic acids is 1. The number of aromatic nitrogens is 2. The lowest BCUT2D eigenvalue weighted by molar-refractivity contribution is -0.403.